The van der Waals surface area contributed by atoms with Crippen molar-refractivity contribution < 1.29 is 22.4 Å². The molecular formula is C17H19NO6S. The van der Waals surface area contributed by atoms with Crippen LogP contribution < -0.4 is 15.7 Å². The molecule has 1 aliphatic rings. The zero-order valence-corrected chi connectivity index (χ0v) is 14.8. The number of aryl methyl sites for hydroxylation is 2. The molecule has 1 atom stereocenters. The first-order valence-electron chi connectivity index (χ1n) is 7.92. The van der Waals surface area contributed by atoms with Crippen molar-refractivity contribution in [2.24, 2.45) is 0 Å². The van der Waals surface area contributed by atoms with Crippen LogP contribution in [0.15, 0.2) is 27.4 Å². The van der Waals surface area contributed by atoms with Gasteiger partial charge in [0.2, 0.25) is 0 Å². The molecule has 2 heterocycles. The molecule has 1 unspecified atom stereocenters. The Kier molecular flexibility index (Phi) is 4.55. The van der Waals surface area contributed by atoms with Crippen molar-refractivity contribution in [3.05, 3.63) is 39.7 Å². The van der Waals surface area contributed by atoms with Crippen LogP contribution in [-0.2, 0) is 14.6 Å². The zero-order chi connectivity index (χ0) is 18.2. The Labute approximate surface area is 144 Å². The number of rotatable bonds is 4. The molecule has 7 nitrogen and oxygen atoms in total. The minimum atomic E-state index is -3.04. The lowest BCUT2D eigenvalue weighted by Gasteiger charge is -2.13. The van der Waals surface area contributed by atoms with Gasteiger partial charge in [0.05, 0.1) is 11.5 Å². The van der Waals surface area contributed by atoms with E-state index in [0.717, 1.165) is 10.9 Å². The van der Waals surface area contributed by atoms with Crippen molar-refractivity contribution in [1.82, 2.24) is 5.32 Å². The second-order valence-electron chi connectivity index (χ2n) is 6.27. The third-order valence-electron chi connectivity index (χ3n) is 4.27. The van der Waals surface area contributed by atoms with Gasteiger partial charge < -0.3 is 14.5 Å². The number of sulfone groups is 1. The number of carbonyl (C=O) groups excluding carboxylic acids is 1. The lowest BCUT2D eigenvalue weighted by Crippen LogP contribution is -2.38. The Hall–Kier alpha value is -2.35. The molecule has 1 aromatic heterocycles. The second-order valence-corrected chi connectivity index (χ2v) is 8.50. The predicted molar refractivity (Wildman–Crippen MR) is 92.7 cm³/mol. The summed E-state index contributed by atoms with van der Waals surface area (Å²) < 4.78 is 33.6. The average Bonchev–Trinajstić information content (AvgIpc) is 2.86. The third kappa shape index (κ3) is 3.84. The van der Waals surface area contributed by atoms with Crippen LogP contribution in [0, 0.1) is 13.8 Å². The summed E-state index contributed by atoms with van der Waals surface area (Å²) in [6, 6.07) is 4.56. The van der Waals surface area contributed by atoms with Crippen LogP contribution in [0.25, 0.3) is 11.0 Å². The maximum absolute atomic E-state index is 12.0. The molecule has 3 rings (SSSR count). The van der Waals surface area contributed by atoms with Crippen LogP contribution in [0.3, 0.4) is 0 Å². The molecule has 134 valence electrons. The minimum absolute atomic E-state index is 0.0296. The number of hydrogen-bond donors (Lipinski definition) is 1. The van der Waals surface area contributed by atoms with Crippen LogP contribution >= 0.6 is 0 Å². The molecule has 2 aromatic rings. The summed E-state index contributed by atoms with van der Waals surface area (Å²) in [5.74, 6) is 0.127. The van der Waals surface area contributed by atoms with E-state index in [1.54, 1.807) is 19.1 Å². The van der Waals surface area contributed by atoms with Gasteiger partial charge in [-0.3, -0.25) is 4.79 Å². The Balaban J connectivity index is 1.70. The first-order valence-corrected chi connectivity index (χ1v) is 9.74. The molecule has 0 spiro atoms. The quantitative estimate of drug-likeness (QED) is 0.814. The van der Waals surface area contributed by atoms with Gasteiger partial charge in [0, 0.05) is 23.1 Å². The third-order valence-corrected chi connectivity index (χ3v) is 6.04. The SMILES string of the molecule is Cc1cc(=O)oc2c(C)c(OCC(=O)NC3CCS(=O)(=O)C3)ccc12. The Morgan fingerprint density at radius 2 is 2.12 bits per heavy atom. The largest absolute Gasteiger partial charge is 0.483 e. The van der Waals surface area contributed by atoms with Crippen molar-refractivity contribution in [2.75, 3.05) is 18.1 Å². The molecule has 1 N–H and O–H groups in total. The summed E-state index contributed by atoms with van der Waals surface area (Å²) >= 11 is 0. The number of benzene rings is 1. The van der Waals surface area contributed by atoms with E-state index in [1.807, 2.05) is 6.92 Å². The molecule has 1 amide bonds. The molecule has 1 saturated heterocycles. The van der Waals surface area contributed by atoms with E-state index < -0.39 is 15.5 Å². The number of fused-ring (bicyclic) bond motifs is 1. The van der Waals surface area contributed by atoms with Gasteiger partial charge in [0.15, 0.2) is 16.4 Å². The highest BCUT2D eigenvalue weighted by molar-refractivity contribution is 7.91. The average molecular weight is 365 g/mol. The van der Waals surface area contributed by atoms with E-state index in [2.05, 4.69) is 5.32 Å². The number of carbonyl (C=O) groups is 1. The topological polar surface area (TPSA) is 103 Å². The fourth-order valence-electron chi connectivity index (χ4n) is 2.98. The summed E-state index contributed by atoms with van der Waals surface area (Å²) in [7, 11) is -3.04. The molecule has 0 aliphatic carbocycles. The Morgan fingerprint density at radius 1 is 1.36 bits per heavy atom. The number of ether oxygens (including phenoxy) is 1. The van der Waals surface area contributed by atoms with Crippen molar-refractivity contribution in [3.63, 3.8) is 0 Å². The number of amides is 1. The number of hydrogen-bond acceptors (Lipinski definition) is 6. The standard InChI is InChI=1S/C17H19NO6S/c1-10-7-16(20)24-17-11(2)14(4-3-13(10)17)23-8-15(19)18-12-5-6-25(21,22)9-12/h3-4,7,12H,5-6,8-9H2,1-2H3,(H,18,19). The molecule has 25 heavy (non-hydrogen) atoms. The van der Waals surface area contributed by atoms with E-state index >= 15 is 0 Å². The smallest absolute Gasteiger partial charge is 0.336 e. The van der Waals surface area contributed by atoms with Gasteiger partial charge in [-0.05, 0) is 38.0 Å². The molecule has 1 aliphatic heterocycles. The summed E-state index contributed by atoms with van der Waals surface area (Å²) in [4.78, 5) is 23.5. The first kappa shape index (κ1) is 17.5. The van der Waals surface area contributed by atoms with Crippen molar-refractivity contribution in [2.45, 2.75) is 26.3 Å². The van der Waals surface area contributed by atoms with Crippen LogP contribution in [0.5, 0.6) is 5.75 Å². The van der Waals surface area contributed by atoms with E-state index in [4.69, 9.17) is 9.15 Å². The number of nitrogens with one attached hydrogen (secondary N) is 1. The summed E-state index contributed by atoms with van der Waals surface area (Å²) in [6.07, 6.45) is 0.424. The van der Waals surface area contributed by atoms with Crippen molar-refractivity contribution in [1.29, 1.82) is 0 Å². The van der Waals surface area contributed by atoms with Crippen LogP contribution in [0.4, 0.5) is 0 Å². The summed E-state index contributed by atoms with van der Waals surface area (Å²) in [5.41, 5.74) is 1.44. The molecular weight excluding hydrogens is 346 g/mol. The second kappa shape index (κ2) is 6.51. The van der Waals surface area contributed by atoms with Gasteiger partial charge in [0.1, 0.15) is 11.3 Å². The highest BCUT2D eigenvalue weighted by Gasteiger charge is 2.28. The van der Waals surface area contributed by atoms with Gasteiger partial charge in [0.25, 0.3) is 5.91 Å². The van der Waals surface area contributed by atoms with Crippen LogP contribution in [0.1, 0.15) is 17.5 Å². The van der Waals surface area contributed by atoms with Gasteiger partial charge >= 0.3 is 5.63 Å². The molecule has 0 radical (unpaired) electrons. The van der Waals surface area contributed by atoms with Crippen LogP contribution in [-0.4, -0.2) is 38.5 Å². The highest BCUT2D eigenvalue weighted by atomic mass is 32.2. The van der Waals surface area contributed by atoms with E-state index in [1.165, 1.54) is 6.07 Å². The van der Waals surface area contributed by atoms with Gasteiger partial charge in [-0.1, -0.05) is 0 Å². The van der Waals surface area contributed by atoms with Crippen molar-refractivity contribution >= 4 is 26.7 Å². The Morgan fingerprint density at radius 3 is 2.80 bits per heavy atom. The zero-order valence-electron chi connectivity index (χ0n) is 14.0. The molecule has 0 saturated carbocycles. The van der Waals surface area contributed by atoms with Gasteiger partial charge in [-0.15, -0.1) is 0 Å². The van der Waals surface area contributed by atoms with E-state index in [-0.39, 0.29) is 30.1 Å². The maximum Gasteiger partial charge on any atom is 0.336 e. The normalized spacial score (nSPS) is 19.0. The van der Waals surface area contributed by atoms with Crippen LogP contribution in [0.2, 0.25) is 0 Å². The monoisotopic (exact) mass is 365 g/mol. The Bertz CT molecular complexity index is 992. The fraction of sp³-hybridized carbons (Fsp3) is 0.412. The summed E-state index contributed by atoms with van der Waals surface area (Å²) in [5, 5.41) is 3.47. The first-order chi connectivity index (χ1) is 11.7. The van der Waals surface area contributed by atoms with E-state index in [0.29, 0.717) is 23.3 Å². The summed E-state index contributed by atoms with van der Waals surface area (Å²) in [6.45, 7) is 3.34. The molecule has 1 fully saturated rings. The van der Waals surface area contributed by atoms with E-state index in [9.17, 15) is 18.0 Å². The minimum Gasteiger partial charge on any atom is -0.483 e. The maximum atomic E-state index is 12.0. The molecule has 1 aromatic carbocycles. The van der Waals surface area contributed by atoms with Crippen molar-refractivity contribution in [3.8, 4) is 5.75 Å². The molecule has 0 bridgehead atoms. The predicted octanol–water partition coefficient (Wildman–Crippen LogP) is 1.09. The van der Waals surface area contributed by atoms with Gasteiger partial charge in [-0.2, -0.15) is 0 Å². The fourth-order valence-corrected chi connectivity index (χ4v) is 4.65. The highest BCUT2D eigenvalue weighted by Crippen LogP contribution is 2.28. The molecule has 8 heteroatoms. The lowest BCUT2D eigenvalue weighted by molar-refractivity contribution is -0.123. The van der Waals surface area contributed by atoms with Gasteiger partial charge in [-0.25, -0.2) is 13.2 Å². The lowest BCUT2D eigenvalue weighted by atomic mass is 10.1.